The first-order valence-corrected chi connectivity index (χ1v) is 5.66. The third kappa shape index (κ3) is 1.63. The molecule has 0 saturated carbocycles. The van der Waals surface area contributed by atoms with Crippen molar-refractivity contribution in [3.63, 3.8) is 0 Å². The summed E-state index contributed by atoms with van der Waals surface area (Å²) in [6.45, 7) is 2.64. The topological polar surface area (TPSA) is 38.9 Å². The zero-order valence-electron chi connectivity index (χ0n) is 7.88. The van der Waals surface area contributed by atoms with Crippen LogP contribution in [0.15, 0.2) is 12.1 Å². The summed E-state index contributed by atoms with van der Waals surface area (Å²) in [5.41, 5.74) is 7.57. The molecule has 1 aromatic heterocycles. The SMILES string of the molecule is Cc1c(Cl)ccc2sc(CCN)nc12. The first-order chi connectivity index (χ1) is 6.72. The Balaban J connectivity index is 2.59. The second kappa shape index (κ2) is 3.85. The Morgan fingerprint density at radius 2 is 2.29 bits per heavy atom. The Hall–Kier alpha value is -0.640. The highest BCUT2D eigenvalue weighted by molar-refractivity contribution is 7.18. The second-order valence-corrected chi connectivity index (χ2v) is 4.69. The molecule has 0 aliphatic carbocycles. The van der Waals surface area contributed by atoms with E-state index in [0.717, 1.165) is 27.5 Å². The summed E-state index contributed by atoms with van der Waals surface area (Å²) >= 11 is 7.71. The van der Waals surface area contributed by atoms with E-state index in [9.17, 15) is 0 Å². The van der Waals surface area contributed by atoms with Crippen LogP contribution in [0.5, 0.6) is 0 Å². The largest absolute Gasteiger partial charge is 0.330 e. The van der Waals surface area contributed by atoms with Crippen LogP contribution in [-0.4, -0.2) is 11.5 Å². The average Bonchev–Trinajstić information content (AvgIpc) is 2.56. The maximum atomic E-state index is 6.01. The molecule has 14 heavy (non-hydrogen) atoms. The quantitative estimate of drug-likeness (QED) is 0.855. The summed E-state index contributed by atoms with van der Waals surface area (Å²) < 4.78 is 1.19. The van der Waals surface area contributed by atoms with E-state index in [0.29, 0.717) is 6.54 Å². The number of nitrogens with zero attached hydrogens (tertiary/aromatic N) is 1. The Morgan fingerprint density at radius 1 is 1.50 bits per heavy atom. The number of rotatable bonds is 2. The summed E-state index contributed by atoms with van der Waals surface area (Å²) in [6, 6.07) is 3.94. The fourth-order valence-corrected chi connectivity index (χ4v) is 2.57. The molecule has 0 saturated heterocycles. The monoisotopic (exact) mass is 226 g/mol. The number of nitrogens with two attached hydrogens (primary N) is 1. The summed E-state index contributed by atoms with van der Waals surface area (Å²) in [6.07, 6.45) is 0.844. The standard InChI is InChI=1S/C10H11ClN2S/c1-6-7(11)2-3-8-10(6)13-9(14-8)4-5-12/h2-3H,4-5,12H2,1H3. The molecule has 0 spiro atoms. The molecule has 0 radical (unpaired) electrons. The first kappa shape index (κ1) is 9.90. The lowest BCUT2D eigenvalue weighted by atomic mass is 10.2. The van der Waals surface area contributed by atoms with Gasteiger partial charge in [0.1, 0.15) is 0 Å². The fraction of sp³-hybridized carbons (Fsp3) is 0.300. The molecule has 4 heteroatoms. The van der Waals surface area contributed by atoms with Gasteiger partial charge in [0, 0.05) is 11.4 Å². The first-order valence-electron chi connectivity index (χ1n) is 4.47. The third-order valence-electron chi connectivity index (χ3n) is 2.15. The predicted molar refractivity (Wildman–Crippen MR) is 62.1 cm³/mol. The van der Waals surface area contributed by atoms with Gasteiger partial charge in [0.05, 0.1) is 15.2 Å². The number of aryl methyl sites for hydroxylation is 1. The fourth-order valence-electron chi connectivity index (χ4n) is 1.38. The van der Waals surface area contributed by atoms with Gasteiger partial charge >= 0.3 is 0 Å². The molecule has 1 aromatic carbocycles. The number of hydrogen-bond donors (Lipinski definition) is 1. The van der Waals surface area contributed by atoms with E-state index in [2.05, 4.69) is 4.98 Å². The zero-order chi connectivity index (χ0) is 10.1. The van der Waals surface area contributed by atoms with Crippen molar-refractivity contribution in [3.8, 4) is 0 Å². The number of fused-ring (bicyclic) bond motifs is 1. The molecule has 0 fully saturated rings. The van der Waals surface area contributed by atoms with Gasteiger partial charge in [-0.1, -0.05) is 11.6 Å². The molecular formula is C10H11ClN2S. The van der Waals surface area contributed by atoms with Crippen LogP contribution < -0.4 is 5.73 Å². The number of hydrogen-bond acceptors (Lipinski definition) is 3. The summed E-state index contributed by atoms with van der Waals surface area (Å²) in [7, 11) is 0. The second-order valence-electron chi connectivity index (χ2n) is 3.17. The molecule has 2 aromatic rings. The molecule has 1 heterocycles. The third-order valence-corrected chi connectivity index (χ3v) is 3.64. The Labute approximate surface area is 91.7 Å². The van der Waals surface area contributed by atoms with Gasteiger partial charge in [0.15, 0.2) is 0 Å². The van der Waals surface area contributed by atoms with E-state index < -0.39 is 0 Å². The lowest BCUT2D eigenvalue weighted by Gasteiger charge is -1.96. The lowest BCUT2D eigenvalue weighted by Crippen LogP contribution is -2.01. The molecular weight excluding hydrogens is 216 g/mol. The van der Waals surface area contributed by atoms with Crippen LogP contribution in [0.25, 0.3) is 10.2 Å². The van der Waals surface area contributed by atoms with Gasteiger partial charge < -0.3 is 5.73 Å². The van der Waals surface area contributed by atoms with Gasteiger partial charge in [0.2, 0.25) is 0 Å². The molecule has 2 nitrogen and oxygen atoms in total. The van der Waals surface area contributed by atoms with Gasteiger partial charge in [0.25, 0.3) is 0 Å². The van der Waals surface area contributed by atoms with Gasteiger partial charge in [-0.05, 0) is 31.2 Å². The molecule has 0 unspecified atom stereocenters. The number of halogens is 1. The van der Waals surface area contributed by atoms with Crippen molar-refractivity contribution < 1.29 is 0 Å². The van der Waals surface area contributed by atoms with Crippen LogP contribution in [-0.2, 0) is 6.42 Å². The van der Waals surface area contributed by atoms with Crippen molar-refractivity contribution in [3.05, 3.63) is 27.7 Å². The van der Waals surface area contributed by atoms with Crippen molar-refractivity contribution in [2.45, 2.75) is 13.3 Å². The van der Waals surface area contributed by atoms with Crippen LogP contribution in [0.3, 0.4) is 0 Å². The van der Waals surface area contributed by atoms with Crippen molar-refractivity contribution >= 4 is 33.2 Å². The van der Waals surface area contributed by atoms with E-state index in [-0.39, 0.29) is 0 Å². The number of thiazole rings is 1. The predicted octanol–water partition coefficient (Wildman–Crippen LogP) is 2.76. The molecule has 2 N–H and O–H groups in total. The van der Waals surface area contributed by atoms with Crippen molar-refractivity contribution in [1.29, 1.82) is 0 Å². The molecule has 0 bridgehead atoms. The molecule has 0 aliphatic rings. The van der Waals surface area contributed by atoms with Crippen LogP contribution >= 0.6 is 22.9 Å². The lowest BCUT2D eigenvalue weighted by molar-refractivity contribution is 0.957. The minimum absolute atomic E-state index is 0.645. The van der Waals surface area contributed by atoms with E-state index in [1.807, 2.05) is 19.1 Å². The summed E-state index contributed by atoms with van der Waals surface area (Å²) in [5.74, 6) is 0. The normalized spacial score (nSPS) is 11.1. The van der Waals surface area contributed by atoms with Crippen LogP contribution in [0.4, 0.5) is 0 Å². The van der Waals surface area contributed by atoms with E-state index in [1.165, 1.54) is 4.70 Å². The summed E-state index contributed by atoms with van der Waals surface area (Å²) in [5, 5.41) is 1.87. The maximum Gasteiger partial charge on any atom is 0.0951 e. The van der Waals surface area contributed by atoms with Crippen molar-refractivity contribution in [1.82, 2.24) is 4.98 Å². The molecule has 2 rings (SSSR count). The van der Waals surface area contributed by atoms with Crippen LogP contribution in [0.1, 0.15) is 10.6 Å². The molecule has 0 aliphatic heterocycles. The van der Waals surface area contributed by atoms with Crippen molar-refractivity contribution in [2.24, 2.45) is 5.73 Å². The smallest absolute Gasteiger partial charge is 0.0951 e. The minimum atomic E-state index is 0.645. The number of aromatic nitrogens is 1. The van der Waals surface area contributed by atoms with Gasteiger partial charge in [-0.3, -0.25) is 0 Å². The zero-order valence-corrected chi connectivity index (χ0v) is 9.45. The Kier molecular flexibility index (Phi) is 2.72. The number of benzene rings is 1. The van der Waals surface area contributed by atoms with Crippen LogP contribution in [0, 0.1) is 6.92 Å². The Bertz CT molecular complexity index is 464. The van der Waals surface area contributed by atoms with Gasteiger partial charge in [-0.25, -0.2) is 4.98 Å². The van der Waals surface area contributed by atoms with E-state index in [4.69, 9.17) is 17.3 Å². The van der Waals surface area contributed by atoms with E-state index >= 15 is 0 Å². The van der Waals surface area contributed by atoms with Gasteiger partial charge in [-0.15, -0.1) is 11.3 Å². The highest BCUT2D eigenvalue weighted by atomic mass is 35.5. The average molecular weight is 227 g/mol. The summed E-state index contributed by atoms with van der Waals surface area (Å²) in [4.78, 5) is 4.52. The van der Waals surface area contributed by atoms with Crippen molar-refractivity contribution in [2.75, 3.05) is 6.54 Å². The Morgan fingerprint density at radius 3 is 3.00 bits per heavy atom. The highest BCUT2D eigenvalue weighted by Crippen LogP contribution is 2.29. The highest BCUT2D eigenvalue weighted by Gasteiger charge is 2.07. The van der Waals surface area contributed by atoms with E-state index in [1.54, 1.807) is 11.3 Å². The molecule has 74 valence electrons. The molecule has 0 amide bonds. The minimum Gasteiger partial charge on any atom is -0.330 e. The molecule has 0 atom stereocenters. The maximum absolute atomic E-state index is 6.01. The van der Waals surface area contributed by atoms with Gasteiger partial charge in [-0.2, -0.15) is 0 Å². The van der Waals surface area contributed by atoms with Crippen LogP contribution in [0.2, 0.25) is 5.02 Å².